The number of aryl methyl sites for hydroxylation is 1. The van der Waals surface area contributed by atoms with Gasteiger partial charge in [-0.25, -0.2) is 10.0 Å². The van der Waals surface area contributed by atoms with E-state index in [2.05, 4.69) is 209 Å². The second-order valence-corrected chi connectivity index (χ2v) is 18.8. The number of benzene rings is 4. The van der Waals surface area contributed by atoms with Crippen molar-refractivity contribution < 1.29 is 9.13 Å². The summed E-state index contributed by atoms with van der Waals surface area (Å²) in [5.74, 6) is 0.520. The van der Waals surface area contributed by atoms with E-state index in [9.17, 15) is 0 Å². The molecule has 0 radical (unpaired) electrons. The number of rotatable bonds is 6. The van der Waals surface area contributed by atoms with E-state index in [0.717, 1.165) is 5.70 Å². The van der Waals surface area contributed by atoms with E-state index in [1.807, 2.05) is 0 Å². The SMILES string of the molecule is C=C1c2cc(-c3ccccc3)ccc2-c2cc(S(C)(C)C)cc[n+]21.Cc1cc(-c2ccccc2)[n+](C(C)(C)C(C)C)cc1-c1ccccc1. The summed E-state index contributed by atoms with van der Waals surface area (Å²) in [5.41, 5.74) is 13.8. The van der Waals surface area contributed by atoms with Crippen LogP contribution < -0.4 is 9.13 Å². The molecule has 0 fully saturated rings. The van der Waals surface area contributed by atoms with Gasteiger partial charge in [-0.1, -0.05) is 98.8 Å². The molecule has 0 aliphatic carbocycles. The maximum absolute atomic E-state index is 4.33. The number of pyridine rings is 2. The molecule has 0 saturated heterocycles. The van der Waals surface area contributed by atoms with Gasteiger partial charge in [0, 0.05) is 54.0 Å². The molecule has 0 amide bonds. The molecular formula is C46H50N2S+2. The number of hydrogen-bond acceptors (Lipinski definition) is 0. The normalized spacial score (nSPS) is 12.6. The molecule has 248 valence electrons. The van der Waals surface area contributed by atoms with Gasteiger partial charge in [0.2, 0.25) is 17.1 Å². The van der Waals surface area contributed by atoms with E-state index in [-0.39, 0.29) is 5.54 Å². The molecule has 0 N–H and O–H groups in total. The summed E-state index contributed by atoms with van der Waals surface area (Å²) in [6.07, 6.45) is 11.5. The first-order valence-electron chi connectivity index (χ1n) is 17.2. The van der Waals surface area contributed by atoms with Crippen LogP contribution in [0.4, 0.5) is 0 Å². The van der Waals surface area contributed by atoms with Crippen LogP contribution in [0.25, 0.3) is 50.5 Å². The molecule has 0 atom stereocenters. The average molecular weight is 663 g/mol. The Labute approximate surface area is 295 Å². The number of aromatic nitrogens is 2. The summed E-state index contributed by atoms with van der Waals surface area (Å²) in [4.78, 5) is 1.43. The second kappa shape index (κ2) is 13.6. The molecule has 3 heteroatoms. The van der Waals surface area contributed by atoms with E-state index in [1.54, 1.807) is 0 Å². The van der Waals surface area contributed by atoms with E-state index in [4.69, 9.17) is 0 Å². The van der Waals surface area contributed by atoms with Gasteiger partial charge in [0.05, 0.1) is 11.1 Å². The van der Waals surface area contributed by atoms with Crippen LogP contribution in [0.2, 0.25) is 0 Å². The zero-order valence-electron chi connectivity index (χ0n) is 30.4. The van der Waals surface area contributed by atoms with Crippen LogP contribution in [0, 0.1) is 12.8 Å². The van der Waals surface area contributed by atoms with Crippen molar-refractivity contribution in [1.82, 2.24) is 0 Å². The third-order valence-corrected chi connectivity index (χ3v) is 11.8. The lowest BCUT2D eigenvalue weighted by Crippen LogP contribution is -2.56. The Kier molecular flexibility index (Phi) is 9.51. The van der Waals surface area contributed by atoms with Gasteiger partial charge >= 0.3 is 0 Å². The van der Waals surface area contributed by atoms with Crippen molar-refractivity contribution in [2.45, 2.75) is 45.1 Å². The summed E-state index contributed by atoms with van der Waals surface area (Å²) >= 11 is 0. The van der Waals surface area contributed by atoms with Crippen molar-refractivity contribution in [2.75, 3.05) is 18.8 Å². The summed E-state index contributed by atoms with van der Waals surface area (Å²) in [6, 6.07) is 45.5. The molecule has 2 aromatic heterocycles. The predicted molar refractivity (Wildman–Crippen MR) is 212 cm³/mol. The van der Waals surface area contributed by atoms with Gasteiger partial charge in [-0.3, -0.25) is 0 Å². The highest BCUT2D eigenvalue weighted by Gasteiger charge is 2.36. The minimum atomic E-state index is -0.739. The molecule has 6 aromatic rings. The van der Waals surface area contributed by atoms with Gasteiger partial charge < -0.3 is 0 Å². The Hall–Kier alpha value is -4.73. The first-order chi connectivity index (χ1) is 23.4. The Morgan fingerprint density at radius 2 is 1.16 bits per heavy atom. The number of hydrogen-bond donors (Lipinski definition) is 0. The van der Waals surface area contributed by atoms with Crippen LogP contribution in [-0.4, -0.2) is 18.8 Å². The fraction of sp³-hybridized carbons (Fsp3) is 0.217. The molecule has 49 heavy (non-hydrogen) atoms. The summed E-state index contributed by atoms with van der Waals surface area (Å²) in [7, 11) is -0.739. The molecule has 0 bridgehead atoms. The minimum Gasteiger partial charge on any atom is -0.223 e. The average Bonchev–Trinajstić information content (AvgIpc) is 3.39. The summed E-state index contributed by atoms with van der Waals surface area (Å²) in [5, 5.41) is 0. The molecule has 1 aliphatic heterocycles. The van der Waals surface area contributed by atoms with Crippen LogP contribution in [0.1, 0.15) is 38.8 Å². The van der Waals surface area contributed by atoms with Crippen LogP contribution in [0.15, 0.2) is 151 Å². The van der Waals surface area contributed by atoms with Gasteiger partial charge in [-0.05, 0) is 78.8 Å². The van der Waals surface area contributed by atoms with Crippen molar-refractivity contribution >= 4 is 15.7 Å². The number of nitrogens with zero attached hydrogens (tertiary/aromatic N) is 2. The number of fused-ring (bicyclic) bond motifs is 3. The van der Waals surface area contributed by atoms with Crippen LogP contribution in [0.3, 0.4) is 0 Å². The molecule has 3 heterocycles. The fourth-order valence-electron chi connectivity index (χ4n) is 6.41. The lowest BCUT2D eigenvalue weighted by Gasteiger charge is -2.26. The molecule has 1 aliphatic rings. The smallest absolute Gasteiger partial charge is 0.220 e. The first kappa shape index (κ1) is 34.1. The zero-order chi connectivity index (χ0) is 34.9. The Bertz CT molecular complexity index is 2110. The maximum atomic E-state index is 4.33. The van der Waals surface area contributed by atoms with Crippen molar-refractivity contribution in [1.29, 1.82) is 0 Å². The molecular weight excluding hydrogens is 613 g/mol. The maximum Gasteiger partial charge on any atom is 0.220 e. The highest BCUT2D eigenvalue weighted by atomic mass is 32.3. The van der Waals surface area contributed by atoms with Crippen molar-refractivity contribution in [3.63, 3.8) is 0 Å². The van der Waals surface area contributed by atoms with Gasteiger partial charge in [-0.15, -0.1) is 0 Å². The fourth-order valence-corrected chi connectivity index (χ4v) is 7.34. The van der Waals surface area contributed by atoms with Crippen LogP contribution >= 0.6 is 10.0 Å². The third kappa shape index (κ3) is 6.91. The molecule has 0 spiro atoms. The third-order valence-electron chi connectivity index (χ3n) is 10.1. The van der Waals surface area contributed by atoms with Crippen molar-refractivity contribution in [3.05, 3.63) is 157 Å². The quantitative estimate of drug-likeness (QED) is 0.157. The molecule has 0 unspecified atom stereocenters. The molecule has 0 saturated carbocycles. The Balaban J connectivity index is 0.000000170. The molecule has 7 rings (SSSR count). The Morgan fingerprint density at radius 3 is 1.73 bits per heavy atom. The lowest BCUT2D eigenvalue weighted by molar-refractivity contribution is -0.754. The Morgan fingerprint density at radius 1 is 0.592 bits per heavy atom. The van der Waals surface area contributed by atoms with Gasteiger partial charge in [-0.2, -0.15) is 9.13 Å². The summed E-state index contributed by atoms with van der Waals surface area (Å²) < 4.78 is 4.68. The second-order valence-electron chi connectivity index (χ2n) is 14.7. The van der Waals surface area contributed by atoms with E-state index in [1.165, 1.54) is 60.8 Å². The van der Waals surface area contributed by atoms with Gasteiger partial charge in [0.15, 0.2) is 17.9 Å². The summed E-state index contributed by atoms with van der Waals surface area (Å²) in [6.45, 7) is 15.8. The first-order valence-corrected chi connectivity index (χ1v) is 20.0. The standard InChI is InChI=1S/C24H28N.C22H22NS/c1-18(2)24(4,5)25-17-22(20-12-8-6-9-13-20)19(3)16-23(25)21-14-10-7-11-15-21;1-16-21-14-18(17-8-6-5-7-9-17)10-11-20(21)22-15-19(24(2,3)4)12-13-23(16)22/h6-18H,1-5H3;5-15H,1H2,2-4H3/q2*+1. The predicted octanol–water partition coefficient (Wildman–Crippen LogP) is 11.2. The molecule has 2 nitrogen and oxygen atoms in total. The largest absolute Gasteiger partial charge is 0.223 e. The van der Waals surface area contributed by atoms with E-state index < -0.39 is 10.0 Å². The lowest BCUT2D eigenvalue weighted by atomic mass is 9.88. The van der Waals surface area contributed by atoms with Crippen LogP contribution in [0.5, 0.6) is 0 Å². The topological polar surface area (TPSA) is 7.76 Å². The highest BCUT2D eigenvalue weighted by Crippen LogP contribution is 2.47. The minimum absolute atomic E-state index is 0.0163. The van der Waals surface area contributed by atoms with E-state index in [0.29, 0.717) is 5.92 Å². The zero-order valence-corrected chi connectivity index (χ0v) is 31.2. The highest BCUT2D eigenvalue weighted by molar-refractivity contribution is 8.32. The van der Waals surface area contributed by atoms with E-state index >= 15 is 0 Å². The molecule has 4 aromatic carbocycles. The van der Waals surface area contributed by atoms with Gasteiger partial charge in [0.1, 0.15) is 0 Å². The van der Waals surface area contributed by atoms with Crippen LogP contribution in [-0.2, 0) is 5.54 Å². The van der Waals surface area contributed by atoms with Crippen molar-refractivity contribution in [3.8, 4) is 44.8 Å². The van der Waals surface area contributed by atoms with Crippen molar-refractivity contribution in [2.24, 2.45) is 5.92 Å². The van der Waals surface area contributed by atoms with Gasteiger partial charge in [0.25, 0.3) is 0 Å². The monoisotopic (exact) mass is 662 g/mol.